The van der Waals surface area contributed by atoms with Crippen LogP contribution in [-0.4, -0.2) is 80.3 Å². The number of β-lactam (4-membered cyclic amide) rings is 1. The first-order valence-electron chi connectivity index (χ1n) is 7.67. The lowest BCUT2D eigenvalue weighted by molar-refractivity contribution is -0.151. The van der Waals surface area contributed by atoms with E-state index in [4.69, 9.17) is 10.6 Å². The number of nitrogens with zero attached hydrogens (tertiary/aromatic N) is 3. The van der Waals surface area contributed by atoms with E-state index in [0.717, 1.165) is 11.3 Å². The average Bonchev–Trinajstić information content (AvgIpc) is 3.08. The molecule has 3 rings (SSSR count). The largest absolute Gasteiger partial charge is 0.480 e. The maximum absolute atomic E-state index is 12.6. The number of carbonyl (C=O) groups is 3. The lowest BCUT2D eigenvalue weighted by Crippen LogP contribution is -2.74. The summed E-state index contributed by atoms with van der Waals surface area (Å²) in [4.78, 5) is 46.8. The molecule has 27 heavy (non-hydrogen) atoms. The molecule has 2 aliphatic rings. The molecule has 2 unspecified atom stereocenters. The summed E-state index contributed by atoms with van der Waals surface area (Å²) in [7, 11) is 1.30. The van der Waals surface area contributed by atoms with Gasteiger partial charge < -0.3 is 25.9 Å². The summed E-state index contributed by atoms with van der Waals surface area (Å²) in [6.07, 6.45) is 1.71. The van der Waals surface area contributed by atoms with Gasteiger partial charge in [0.05, 0.1) is 0 Å². The monoisotopic (exact) mass is 431 g/mol. The van der Waals surface area contributed by atoms with Gasteiger partial charge in [-0.05, 0) is 6.26 Å². The Bertz CT molecular complexity index is 815. The summed E-state index contributed by atoms with van der Waals surface area (Å²) in [5.41, 5.74) is 5.76. The molecule has 2 saturated heterocycles. The third-order valence-electron chi connectivity index (χ3n) is 4.28. The Kier molecular flexibility index (Phi) is 5.53. The Balaban J connectivity index is 1.71. The van der Waals surface area contributed by atoms with Crippen molar-refractivity contribution < 1.29 is 24.3 Å². The number of nitrogen functional groups attached to an aromatic ring is 1. The molecule has 1 aromatic heterocycles. The molecular weight excluding hydrogens is 414 g/mol. The number of carboxylic acid groups (broad SMARTS) is 1. The van der Waals surface area contributed by atoms with Gasteiger partial charge in [0.25, 0.3) is 5.91 Å². The molecule has 13 heteroatoms. The van der Waals surface area contributed by atoms with Crippen molar-refractivity contribution in [1.29, 1.82) is 0 Å². The van der Waals surface area contributed by atoms with Crippen LogP contribution in [0.5, 0.6) is 0 Å². The number of rotatable bonds is 6. The lowest BCUT2D eigenvalue weighted by Gasteiger charge is -2.53. The summed E-state index contributed by atoms with van der Waals surface area (Å²) in [6.45, 7) is 0.105. The maximum Gasteiger partial charge on any atom is 0.322 e. The zero-order chi connectivity index (χ0) is 19.8. The third kappa shape index (κ3) is 3.46. The van der Waals surface area contributed by atoms with Crippen LogP contribution in [0.2, 0.25) is 0 Å². The Hall–Kier alpha value is -1.99. The highest BCUT2D eigenvalue weighted by Gasteiger charge is 2.57. The van der Waals surface area contributed by atoms with Gasteiger partial charge in [-0.25, -0.2) is 4.98 Å². The Morgan fingerprint density at radius 3 is 2.89 bits per heavy atom. The van der Waals surface area contributed by atoms with E-state index in [-0.39, 0.29) is 34.4 Å². The summed E-state index contributed by atoms with van der Waals surface area (Å²) in [5.74, 6) is -1.54. The molecule has 3 atom stereocenters. The van der Waals surface area contributed by atoms with Crippen molar-refractivity contribution in [2.75, 3.05) is 31.4 Å². The van der Waals surface area contributed by atoms with Crippen LogP contribution in [0.3, 0.4) is 0 Å². The van der Waals surface area contributed by atoms with Crippen LogP contribution in [0.15, 0.2) is 10.5 Å². The van der Waals surface area contributed by atoms with Gasteiger partial charge in [0.15, 0.2) is 10.8 Å². The highest BCUT2D eigenvalue weighted by Crippen LogP contribution is 2.43. The number of anilines is 1. The second-order valence-electron chi connectivity index (χ2n) is 5.82. The number of hydrogen-bond acceptors (Lipinski definition) is 10. The molecule has 0 saturated carbocycles. The van der Waals surface area contributed by atoms with E-state index in [9.17, 15) is 19.5 Å². The van der Waals surface area contributed by atoms with Gasteiger partial charge in [0.2, 0.25) is 5.91 Å². The van der Waals surface area contributed by atoms with E-state index in [1.54, 1.807) is 11.6 Å². The standard InChI is InChI=1S/C14H17N5O5S3/c1-24-18-7(6-3-26-13(15)16-6)9(20)17-8-10(21)19-4-14(25-2,12(22)23)5-27-11(8)19/h3,8,11H,4-5H2,1-2H3,(H2,15,16)(H,17,20)(H,22,23)/t8?,11-,14?/m1/s1. The molecule has 2 amide bonds. The van der Waals surface area contributed by atoms with E-state index in [0.29, 0.717) is 5.75 Å². The predicted octanol–water partition coefficient (Wildman–Crippen LogP) is -0.338. The van der Waals surface area contributed by atoms with Crippen LogP contribution in [0.1, 0.15) is 5.69 Å². The number of thioether (sulfide) groups is 2. The van der Waals surface area contributed by atoms with Gasteiger partial charge in [-0.3, -0.25) is 14.4 Å². The molecule has 1 aromatic rings. The number of nitrogens with two attached hydrogens (primary N) is 1. The summed E-state index contributed by atoms with van der Waals surface area (Å²) in [6, 6.07) is -0.755. The van der Waals surface area contributed by atoms with Crippen molar-refractivity contribution in [3.05, 3.63) is 11.1 Å². The molecule has 0 aromatic carbocycles. The van der Waals surface area contributed by atoms with Crippen LogP contribution < -0.4 is 11.1 Å². The minimum atomic E-state index is -1.04. The zero-order valence-corrected chi connectivity index (χ0v) is 16.8. The first-order chi connectivity index (χ1) is 12.8. The van der Waals surface area contributed by atoms with E-state index < -0.39 is 22.7 Å². The number of thiazole rings is 1. The topological polar surface area (TPSA) is 147 Å². The van der Waals surface area contributed by atoms with Gasteiger partial charge >= 0.3 is 5.97 Å². The molecule has 0 bridgehead atoms. The molecular formula is C14H17N5O5S3. The highest BCUT2D eigenvalue weighted by molar-refractivity contribution is 8.04. The predicted molar refractivity (Wildman–Crippen MR) is 104 cm³/mol. The Morgan fingerprint density at radius 2 is 2.33 bits per heavy atom. The quantitative estimate of drug-likeness (QED) is 0.313. The highest BCUT2D eigenvalue weighted by atomic mass is 32.2. The minimum absolute atomic E-state index is 0.0819. The summed E-state index contributed by atoms with van der Waals surface area (Å²) >= 11 is 3.70. The van der Waals surface area contributed by atoms with Crippen molar-refractivity contribution in [3.63, 3.8) is 0 Å². The molecule has 10 nitrogen and oxygen atoms in total. The van der Waals surface area contributed by atoms with Gasteiger partial charge in [-0.1, -0.05) is 5.16 Å². The second kappa shape index (κ2) is 7.56. The number of hydrogen-bond donors (Lipinski definition) is 3. The maximum atomic E-state index is 12.6. The molecule has 0 aliphatic carbocycles. The van der Waals surface area contributed by atoms with Crippen molar-refractivity contribution in [3.8, 4) is 0 Å². The van der Waals surface area contributed by atoms with Crippen molar-refractivity contribution >= 4 is 63.5 Å². The van der Waals surface area contributed by atoms with E-state index >= 15 is 0 Å². The number of carboxylic acids is 1. The number of fused-ring (bicyclic) bond motifs is 1. The van der Waals surface area contributed by atoms with Crippen LogP contribution in [0.25, 0.3) is 0 Å². The smallest absolute Gasteiger partial charge is 0.322 e. The van der Waals surface area contributed by atoms with E-state index in [1.165, 1.54) is 35.5 Å². The SMILES string of the molecule is CON=C(C(=O)NC1C(=O)N2CC(SC)(C(=O)O)CS[C@H]12)c1csc(N)n1. The minimum Gasteiger partial charge on any atom is -0.480 e. The molecule has 0 spiro atoms. The number of carbonyl (C=O) groups excluding carboxylic acids is 2. The van der Waals surface area contributed by atoms with Gasteiger partial charge in [0.1, 0.15) is 29.0 Å². The van der Waals surface area contributed by atoms with Crippen molar-refractivity contribution in [2.24, 2.45) is 5.16 Å². The number of nitrogens with one attached hydrogen (secondary N) is 1. The summed E-state index contributed by atoms with van der Waals surface area (Å²) < 4.78 is -1.04. The van der Waals surface area contributed by atoms with Gasteiger partial charge in [0, 0.05) is 17.7 Å². The molecule has 2 fully saturated rings. The summed E-state index contributed by atoms with van der Waals surface area (Å²) in [5, 5.41) is 17.3. The Morgan fingerprint density at radius 1 is 1.59 bits per heavy atom. The Labute approximate surface area is 166 Å². The molecule has 2 aliphatic heterocycles. The first kappa shape index (κ1) is 19.8. The first-order valence-corrected chi connectivity index (χ1v) is 10.8. The normalized spacial score (nSPS) is 27.6. The van der Waals surface area contributed by atoms with Gasteiger partial charge in [-0.15, -0.1) is 34.9 Å². The number of amides is 2. The average molecular weight is 432 g/mol. The van der Waals surface area contributed by atoms with Crippen LogP contribution in [0.4, 0.5) is 5.13 Å². The van der Waals surface area contributed by atoms with Crippen molar-refractivity contribution in [1.82, 2.24) is 15.2 Å². The third-order valence-corrected chi connectivity index (χ3v) is 7.90. The fourth-order valence-corrected chi connectivity index (χ4v) is 5.85. The molecule has 0 radical (unpaired) electrons. The number of aromatic nitrogens is 1. The fraction of sp³-hybridized carbons (Fsp3) is 0.500. The molecule has 3 heterocycles. The van der Waals surface area contributed by atoms with Gasteiger partial charge in [-0.2, -0.15) is 0 Å². The zero-order valence-electron chi connectivity index (χ0n) is 14.4. The van der Waals surface area contributed by atoms with E-state index in [1.807, 2.05) is 0 Å². The lowest BCUT2D eigenvalue weighted by atomic mass is 10.0. The fourth-order valence-electron chi connectivity index (χ4n) is 2.79. The van der Waals surface area contributed by atoms with Crippen LogP contribution in [-0.2, 0) is 19.2 Å². The van der Waals surface area contributed by atoms with Crippen LogP contribution in [0, 0.1) is 0 Å². The van der Waals surface area contributed by atoms with Crippen molar-refractivity contribution in [2.45, 2.75) is 16.2 Å². The van der Waals surface area contributed by atoms with Crippen LogP contribution >= 0.6 is 34.9 Å². The second-order valence-corrected chi connectivity index (χ2v) is 9.00. The number of oxime groups is 1. The molecule has 146 valence electrons. The van der Waals surface area contributed by atoms with E-state index in [2.05, 4.69) is 15.5 Å². The number of aliphatic carboxylic acids is 1. The molecule has 4 N–H and O–H groups in total.